The molecule has 1 saturated carbocycles. The van der Waals surface area contributed by atoms with Crippen molar-refractivity contribution in [2.75, 3.05) is 32.8 Å². The number of morpholine rings is 1. The van der Waals surface area contributed by atoms with Gasteiger partial charge in [0, 0.05) is 26.2 Å². The van der Waals surface area contributed by atoms with Gasteiger partial charge in [0.15, 0.2) is 0 Å². The van der Waals surface area contributed by atoms with Crippen LogP contribution in [0, 0.1) is 0 Å². The molecule has 1 atom stereocenters. The molecule has 0 radical (unpaired) electrons. The molecule has 142 valence electrons. The number of β-amino-alcohol motifs (C(OH)–C–C–N with tert-alkyl or cyclic N) is 1. The third kappa shape index (κ3) is 3.95. The van der Waals surface area contributed by atoms with Gasteiger partial charge in [-0.1, -0.05) is 30.3 Å². The van der Waals surface area contributed by atoms with E-state index >= 15 is 0 Å². The van der Waals surface area contributed by atoms with Crippen molar-refractivity contribution in [3.05, 3.63) is 35.9 Å². The van der Waals surface area contributed by atoms with Crippen LogP contribution in [-0.2, 0) is 16.1 Å². The molecule has 1 aromatic carbocycles. The molecule has 1 amide bonds. The zero-order valence-corrected chi connectivity index (χ0v) is 15.5. The van der Waals surface area contributed by atoms with Crippen molar-refractivity contribution in [2.45, 2.75) is 56.3 Å². The highest BCUT2D eigenvalue weighted by atomic mass is 16.5. The number of aliphatic hydroxyl groups is 1. The number of likely N-dealkylation sites (tertiary alicyclic amines) is 1. The molecule has 26 heavy (non-hydrogen) atoms. The van der Waals surface area contributed by atoms with E-state index in [9.17, 15) is 9.90 Å². The summed E-state index contributed by atoms with van der Waals surface area (Å²) < 4.78 is 5.92. The second kappa shape index (κ2) is 7.29. The van der Waals surface area contributed by atoms with E-state index < -0.39 is 5.60 Å². The lowest BCUT2D eigenvalue weighted by molar-refractivity contribution is -0.171. The number of amides is 1. The Morgan fingerprint density at radius 3 is 2.62 bits per heavy atom. The fraction of sp³-hybridized carbons (Fsp3) is 0.667. The van der Waals surface area contributed by atoms with Crippen LogP contribution in [0.1, 0.15) is 44.1 Å². The van der Waals surface area contributed by atoms with Crippen molar-refractivity contribution < 1.29 is 14.6 Å². The van der Waals surface area contributed by atoms with Crippen molar-refractivity contribution in [3.8, 4) is 0 Å². The zero-order valence-electron chi connectivity index (χ0n) is 15.5. The van der Waals surface area contributed by atoms with Gasteiger partial charge in [-0.25, -0.2) is 0 Å². The summed E-state index contributed by atoms with van der Waals surface area (Å²) in [6.45, 7) is 4.37. The van der Waals surface area contributed by atoms with Gasteiger partial charge in [0.25, 0.3) is 0 Å². The molecule has 3 fully saturated rings. The number of nitrogens with zero attached hydrogens (tertiary/aromatic N) is 2. The highest BCUT2D eigenvalue weighted by molar-refractivity contribution is 5.77. The molecule has 4 rings (SSSR count). The third-order valence-electron chi connectivity index (χ3n) is 6.23. The Bertz CT molecular complexity index is 631. The van der Waals surface area contributed by atoms with Crippen LogP contribution in [-0.4, -0.2) is 64.8 Å². The van der Waals surface area contributed by atoms with Crippen LogP contribution in [0.15, 0.2) is 30.3 Å². The minimum atomic E-state index is -0.908. The normalized spacial score (nSPS) is 28.7. The highest BCUT2D eigenvalue weighted by Crippen LogP contribution is 2.38. The van der Waals surface area contributed by atoms with E-state index in [1.807, 2.05) is 23.1 Å². The van der Waals surface area contributed by atoms with Crippen LogP contribution in [0.25, 0.3) is 0 Å². The van der Waals surface area contributed by atoms with Crippen molar-refractivity contribution in [2.24, 2.45) is 0 Å². The summed E-state index contributed by atoms with van der Waals surface area (Å²) in [7, 11) is 0. The number of rotatable bonds is 4. The molecule has 1 N–H and O–H groups in total. The van der Waals surface area contributed by atoms with Crippen molar-refractivity contribution in [1.29, 1.82) is 0 Å². The first-order valence-electron chi connectivity index (χ1n) is 9.96. The number of carbonyl (C=O) groups is 1. The topological polar surface area (TPSA) is 53.0 Å². The molecule has 2 heterocycles. The Balaban J connectivity index is 1.34. The van der Waals surface area contributed by atoms with Gasteiger partial charge in [0.2, 0.25) is 5.91 Å². The first-order chi connectivity index (χ1) is 12.6. The van der Waals surface area contributed by atoms with E-state index in [-0.39, 0.29) is 17.9 Å². The maximum Gasteiger partial charge on any atom is 0.225 e. The van der Waals surface area contributed by atoms with Crippen molar-refractivity contribution in [1.82, 2.24) is 9.80 Å². The second-order valence-electron chi connectivity index (χ2n) is 8.40. The number of piperidine rings is 1. The molecule has 5 nitrogen and oxygen atoms in total. The van der Waals surface area contributed by atoms with Crippen LogP contribution in [0.5, 0.6) is 0 Å². The molecule has 2 saturated heterocycles. The van der Waals surface area contributed by atoms with Crippen LogP contribution in [0.3, 0.4) is 0 Å². The fourth-order valence-corrected chi connectivity index (χ4v) is 4.65. The summed E-state index contributed by atoms with van der Waals surface area (Å²) in [5, 5.41) is 11.1. The van der Waals surface area contributed by atoms with E-state index in [4.69, 9.17) is 4.74 Å². The summed E-state index contributed by atoms with van der Waals surface area (Å²) >= 11 is 0. The summed E-state index contributed by atoms with van der Waals surface area (Å²) in [4.78, 5) is 17.1. The lowest BCUT2D eigenvalue weighted by atomic mass is 9.78. The molecule has 3 aliphatic rings. The first kappa shape index (κ1) is 18.0. The summed E-state index contributed by atoms with van der Waals surface area (Å²) in [5.41, 5.74) is 0.264. The Hall–Kier alpha value is -1.43. The van der Waals surface area contributed by atoms with Crippen LogP contribution >= 0.6 is 0 Å². The second-order valence-corrected chi connectivity index (χ2v) is 8.40. The van der Waals surface area contributed by atoms with Crippen LogP contribution in [0.4, 0.5) is 0 Å². The lowest BCUT2D eigenvalue weighted by Crippen LogP contribution is -2.58. The molecule has 1 spiro atoms. The van der Waals surface area contributed by atoms with Crippen molar-refractivity contribution >= 4 is 5.91 Å². The SMILES string of the molecule is O=C(CC1(O)CCCN(Cc2ccccc2)C1)N1CCOC2(CCC2)C1. The number of hydrogen-bond acceptors (Lipinski definition) is 4. The predicted molar refractivity (Wildman–Crippen MR) is 99.6 cm³/mol. The number of ether oxygens (including phenoxy) is 1. The van der Waals surface area contributed by atoms with Crippen LogP contribution < -0.4 is 0 Å². The molecule has 0 bridgehead atoms. The fourth-order valence-electron chi connectivity index (χ4n) is 4.65. The molecule has 1 aromatic rings. The highest BCUT2D eigenvalue weighted by Gasteiger charge is 2.44. The smallest absolute Gasteiger partial charge is 0.225 e. The van der Waals surface area contributed by atoms with E-state index in [0.717, 1.165) is 32.4 Å². The molecule has 5 heteroatoms. The molecular weight excluding hydrogens is 328 g/mol. The predicted octanol–water partition coefficient (Wildman–Crippen LogP) is 2.19. The first-order valence-corrected chi connectivity index (χ1v) is 9.96. The maximum atomic E-state index is 12.9. The summed E-state index contributed by atoms with van der Waals surface area (Å²) in [5.74, 6) is 0.0867. The standard InChI is InChI=1S/C21H30N2O3/c24-19(23-12-13-26-21(17-23)9-4-10-21)14-20(25)8-5-11-22(16-20)15-18-6-2-1-3-7-18/h1-3,6-7,25H,4-5,8-17H2. The number of benzene rings is 1. The minimum Gasteiger partial charge on any atom is -0.388 e. The van der Waals surface area contributed by atoms with Gasteiger partial charge in [0.1, 0.15) is 0 Å². The minimum absolute atomic E-state index is 0.0809. The zero-order chi connectivity index (χ0) is 18.0. The van der Waals surface area contributed by atoms with Gasteiger partial charge in [-0.2, -0.15) is 0 Å². The number of hydrogen-bond donors (Lipinski definition) is 1. The van der Waals surface area contributed by atoms with Crippen molar-refractivity contribution in [3.63, 3.8) is 0 Å². The quantitative estimate of drug-likeness (QED) is 0.896. The lowest BCUT2D eigenvalue weighted by Gasteiger charge is -2.49. The monoisotopic (exact) mass is 358 g/mol. The van der Waals surface area contributed by atoms with E-state index in [2.05, 4.69) is 17.0 Å². The molecule has 1 aliphatic carbocycles. The van der Waals surface area contributed by atoms with E-state index in [0.29, 0.717) is 32.7 Å². The van der Waals surface area contributed by atoms with Crippen LogP contribution in [0.2, 0.25) is 0 Å². The largest absolute Gasteiger partial charge is 0.388 e. The Morgan fingerprint density at radius 1 is 1.08 bits per heavy atom. The average molecular weight is 358 g/mol. The van der Waals surface area contributed by atoms with Gasteiger partial charge < -0.3 is 14.7 Å². The Morgan fingerprint density at radius 2 is 1.88 bits per heavy atom. The number of carbonyl (C=O) groups excluding carboxylic acids is 1. The Labute approximate surface area is 155 Å². The van der Waals surface area contributed by atoms with Gasteiger partial charge in [-0.05, 0) is 44.2 Å². The average Bonchev–Trinajstić information content (AvgIpc) is 2.61. The third-order valence-corrected chi connectivity index (χ3v) is 6.23. The molecule has 0 aromatic heterocycles. The van der Waals surface area contributed by atoms with E-state index in [1.54, 1.807) is 0 Å². The summed E-state index contributed by atoms with van der Waals surface area (Å²) in [6, 6.07) is 10.3. The van der Waals surface area contributed by atoms with Gasteiger partial charge in [-0.15, -0.1) is 0 Å². The summed E-state index contributed by atoms with van der Waals surface area (Å²) in [6.07, 6.45) is 5.19. The Kier molecular flexibility index (Phi) is 5.04. The molecule has 2 aliphatic heterocycles. The van der Waals surface area contributed by atoms with Gasteiger partial charge in [-0.3, -0.25) is 9.69 Å². The molecule has 1 unspecified atom stereocenters. The van der Waals surface area contributed by atoms with E-state index in [1.165, 1.54) is 12.0 Å². The maximum absolute atomic E-state index is 12.9. The van der Waals surface area contributed by atoms with Gasteiger partial charge in [0.05, 0.1) is 24.2 Å². The van der Waals surface area contributed by atoms with Gasteiger partial charge >= 0.3 is 0 Å². The molecular formula is C21H30N2O3.